The van der Waals surface area contributed by atoms with Crippen molar-refractivity contribution < 1.29 is 4.74 Å². The number of hydrogen-bond donors (Lipinski definition) is 0. The molecule has 2 aliphatic rings. The lowest BCUT2D eigenvalue weighted by molar-refractivity contribution is 0.0796. The van der Waals surface area contributed by atoms with E-state index in [9.17, 15) is 0 Å². The van der Waals surface area contributed by atoms with Gasteiger partial charge in [0.05, 0.1) is 0 Å². The third kappa shape index (κ3) is 2.88. The zero-order valence-electron chi connectivity index (χ0n) is 9.97. The molecule has 0 bridgehead atoms. The van der Waals surface area contributed by atoms with Gasteiger partial charge in [-0.05, 0) is 48.9 Å². The molecular weight excluding hydrogens is 208 g/mol. The molecule has 2 rings (SSSR count). The highest BCUT2D eigenvalue weighted by Gasteiger charge is 2.52. The summed E-state index contributed by atoms with van der Waals surface area (Å²) in [4.78, 5) is 0. The molecule has 2 unspecified atom stereocenters. The Morgan fingerprint density at radius 2 is 2.00 bits per heavy atom. The predicted molar refractivity (Wildman–Crippen MR) is 64.3 cm³/mol. The van der Waals surface area contributed by atoms with E-state index >= 15 is 0 Å². The van der Waals surface area contributed by atoms with E-state index < -0.39 is 0 Å². The second-order valence-corrected chi connectivity index (χ2v) is 6.28. The van der Waals surface area contributed by atoms with Crippen LogP contribution in [0.25, 0.3) is 0 Å². The molecule has 15 heavy (non-hydrogen) atoms. The van der Waals surface area contributed by atoms with E-state index in [1.807, 2.05) is 0 Å². The van der Waals surface area contributed by atoms with Crippen LogP contribution in [-0.2, 0) is 4.74 Å². The zero-order valence-corrected chi connectivity index (χ0v) is 10.7. The Bertz CT molecular complexity index is 205. The van der Waals surface area contributed by atoms with Gasteiger partial charge in [0.2, 0.25) is 0 Å². The van der Waals surface area contributed by atoms with Gasteiger partial charge in [-0.3, -0.25) is 0 Å². The molecule has 88 valence electrons. The SMILES string of the molecule is CC(C)COCCC1(CCl)CC2CC2C1. The van der Waals surface area contributed by atoms with Gasteiger partial charge in [-0.25, -0.2) is 0 Å². The summed E-state index contributed by atoms with van der Waals surface area (Å²) in [6.45, 7) is 6.19. The largest absolute Gasteiger partial charge is 0.381 e. The van der Waals surface area contributed by atoms with Crippen LogP contribution in [0, 0.1) is 23.2 Å². The molecule has 0 saturated heterocycles. The van der Waals surface area contributed by atoms with Crippen molar-refractivity contribution in [2.75, 3.05) is 19.1 Å². The van der Waals surface area contributed by atoms with Gasteiger partial charge in [-0.1, -0.05) is 13.8 Å². The van der Waals surface area contributed by atoms with E-state index in [0.29, 0.717) is 11.3 Å². The van der Waals surface area contributed by atoms with Crippen molar-refractivity contribution in [2.24, 2.45) is 23.2 Å². The standard InChI is InChI=1S/C13H23ClO/c1-10(2)8-15-4-3-13(9-14)6-11-5-12(11)7-13/h10-12H,3-9H2,1-2H3. The molecule has 2 heteroatoms. The van der Waals surface area contributed by atoms with E-state index in [0.717, 1.165) is 30.9 Å². The Morgan fingerprint density at radius 1 is 1.33 bits per heavy atom. The van der Waals surface area contributed by atoms with Gasteiger partial charge in [0.15, 0.2) is 0 Å². The molecular formula is C13H23ClO. The molecule has 0 N–H and O–H groups in total. The van der Waals surface area contributed by atoms with Crippen molar-refractivity contribution in [3.63, 3.8) is 0 Å². The van der Waals surface area contributed by atoms with E-state index in [1.165, 1.54) is 25.7 Å². The van der Waals surface area contributed by atoms with Crippen molar-refractivity contribution in [1.29, 1.82) is 0 Å². The summed E-state index contributed by atoms with van der Waals surface area (Å²) in [7, 11) is 0. The van der Waals surface area contributed by atoms with Crippen LogP contribution in [0.4, 0.5) is 0 Å². The van der Waals surface area contributed by atoms with Gasteiger partial charge in [0, 0.05) is 19.1 Å². The summed E-state index contributed by atoms with van der Waals surface area (Å²) < 4.78 is 5.68. The Morgan fingerprint density at radius 3 is 2.53 bits per heavy atom. The topological polar surface area (TPSA) is 9.23 Å². The normalized spacial score (nSPS) is 38.4. The van der Waals surface area contributed by atoms with E-state index in [-0.39, 0.29) is 0 Å². The van der Waals surface area contributed by atoms with E-state index in [1.54, 1.807) is 0 Å². The van der Waals surface area contributed by atoms with Gasteiger partial charge in [-0.15, -0.1) is 11.6 Å². The molecule has 2 aliphatic carbocycles. The fourth-order valence-electron chi connectivity index (χ4n) is 2.99. The number of fused-ring (bicyclic) bond motifs is 1. The van der Waals surface area contributed by atoms with Crippen LogP contribution in [0.15, 0.2) is 0 Å². The van der Waals surface area contributed by atoms with Gasteiger partial charge in [-0.2, -0.15) is 0 Å². The van der Waals surface area contributed by atoms with Crippen LogP contribution < -0.4 is 0 Å². The fraction of sp³-hybridized carbons (Fsp3) is 1.00. The highest BCUT2D eigenvalue weighted by Crippen LogP contribution is 2.61. The predicted octanol–water partition coefficient (Wildman–Crippen LogP) is 3.70. The molecule has 0 aromatic heterocycles. The summed E-state index contributed by atoms with van der Waals surface area (Å²) >= 11 is 6.14. The Balaban J connectivity index is 1.68. The van der Waals surface area contributed by atoms with Crippen LogP contribution >= 0.6 is 11.6 Å². The summed E-state index contributed by atoms with van der Waals surface area (Å²) in [5.74, 6) is 3.53. The van der Waals surface area contributed by atoms with Crippen molar-refractivity contribution in [3.05, 3.63) is 0 Å². The molecule has 2 atom stereocenters. The lowest BCUT2D eigenvalue weighted by atomic mass is 9.82. The van der Waals surface area contributed by atoms with Gasteiger partial charge >= 0.3 is 0 Å². The van der Waals surface area contributed by atoms with Crippen molar-refractivity contribution in [2.45, 2.75) is 39.5 Å². The highest BCUT2D eigenvalue weighted by atomic mass is 35.5. The Hall–Kier alpha value is 0.250. The van der Waals surface area contributed by atoms with Crippen LogP contribution in [0.3, 0.4) is 0 Å². The van der Waals surface area contributed by atoms with Crippen LogP contribution in [0.2, 0.25) is 0 Å². The first-order valence-electron chi connectivity index (χ1n) is 6.29. The highest BCUT2D eigenvalue weighted by molar-refractivity contribution is 6.18. The first-order valence-corrected chi connectivity index (χ1v) is 6.82. The first kappa shape index (κ1) is 11.7. The van der Waals surface area contributed by atoms with Crippen molar-refractivity contribution in [3.8, 4) is 0 Å². The Kier molecular flexibility index (Phi) is 3.62. The summed E-state index contributed by atoms with van der Waals surface area (Å²) in [6.07, 6.45) is 5.39. The van der Waals surface area contributed by atoms with Gasteiger partial charge in [0.25, 0.3) is 0 Å². The third-order valence-corrected chi connectivity index (χ3v) is 4.54. The molecule has 0 aliphatic heterocycles. The molecule has 0 heterocycles. The van der Waals surface area contributed by atoms with Crippen LogP contribution in [-0.4, -0.2) is 19.1 Å². The smallest absolute Gasteiger partial charge is 0.0488 e. The fourth-order valence-corrected chi connectivity index (χ4v) is 3.35. The molecule has 1 nitrogen and oxygen atoms in total. The van der Waals surface area contributed by atoms with E-state index in [2.05, 4.69) is 13.8 Å². The third-order valence-electron chi connectivity index (χ3n) is 3.97. The number of hydrogen-bond acceptors (Lipinski definition) is 1. The molecule has 0 amide bonds. The number of halogens is 1. The monoisotopic (exact) mass is 230 g/mol. The average Bonchev–Trinajstić information content (AvgIpc) is 2.82. The second kappa shape index (κ2) is 4.63. The molecule has 2 saturated carbocycles. The van der Waals surface area contributed by atoms with E-state index in [4.69, 9.17) is 16.3 Å². The number of rotatable bonds is 6. The summed E-state index contributed by atoms with van der Waals surface area (Å²) in [5, 5.41) is 0. The number of alkyl halides is 1. The number of ether oxygens (including phenoxy) is 1. The minimum atomic E-state index is 0.437. The first-order chi connectivity index (χ1) is 7.15. The lowest BCUT2D eigenvalue weighted by Crippen LogP contribution is -2.23. The molecule has 0 radical (unpaired) electrons. The Labute approximate surface area is 98.5 Å². The molecule has 0 spiro atoms. The van der Waals surface area contributed by atoms with Crippen molar-refractivity contribution >= 4 is 11.6 Å². The minimum absolute atomic E-state index is 0.437. The lowest BCUT2D eigenvalue weighted by Gasteiger charge is -2.28. The quantitative estimate of drug-likeness (QED) is 0.500. The van der Waals surface area contributed by atoms with Crippen LogP contribution in [0.5, 0.6) is 0 Å². The van der Waals surface area contributed by atoms with Gasteiger partial charge < -0.3 is 4.74 Å². The maximum absolute atomic E-state index is 6.14. The molecule has 0 aromatic rings. The van der Waals surface area contributed by atoms with Gasteiger partial charge in [0.1, 0.15) is 0 Å². The summed E-state index contributed by atoms with van der Waals surface area (Å²) in [5.41, 5.74) is 0.437. The maximum Gasteiger partial charge on any atom is 0.0488 e. The minimum Gasteiger partial charge on any atom is -0.381 e. The maximum atomic E-state index is 6.14. The molecule has 0 aromatic carbocycles. The van der Waals surface area contributed by atoms with Crippen molar-refractivity contribution in [1.82, 2.24) is 0 Å². The second-order valence-electron chi connectivity index (χ2n) is 6.02. The zero-order chi connectivity index (χ0) is 10.9. The summed E-state index contributed by atoms with van der Waals surface area (Å²) in [6, 6.07) is 0. The van der Waals surface area contributed by atoms with Crippen LogP contribution in [0.1, 0.15) is 39.5 Å². The molecule has 2 fully saturated rings. The average molecular weight is 231 g/mol.